The molecule has 0 aromatic carbocycles. The third-order valence-corrected chi connectivity index (χ3v) is 1.09. The predicted molar refractivity (Wildman–Crippen MR) is 33.3 cm³/mol. The largest absolute Gasteiger partial charge is 0.312 e. The Morgan fingerprint density at radius 3 is 2.57 bits per heavy atom. The molecule has 1 unspecified atom stereocenters. The molecule has 1 nitrogen and oxygen atoms in total. The first kappa shape index (κ1) is 6.96. The summed E-state index contributed by atoms with van der Waals surface area (Å²) in [7, 11) is 0. The molecule has 0 spiro atoms. The molecule has 1 N–H and O–H groups in total. The lowest BCUT2D eigenvalue weighted by atomic mass is 10.3. The zero-order valence-corrected chi connectivity index (χ0v) is 5.20. The van der Waals surface area contributed by atoms with E-state index in [1.807, 2.05) is 0 Å². The monoisotopic (exact) mass is 119 g/mol. The summed E-state index contributed by atoms with van der Waals surface area (Å²) in [5, 5.41) is 6.62. The molecule has 0 radical (unpaired) electrons. The van der Waals surface area contributed by atoms with E-state index >= 15 is 0 Å². The Balaban J connectivity index is 2.98. The summed E-state index contributed by atoms with van der Waals surface area (Å²) in [4.78, 5) is 0. The maximum absolute atomic E-state index is 6.66. The molecule has 0 heterocycles. The highest BCUT2D eigenvalue weighted by Crippen LogP contribution is 1.99. The van der Waals surface area contributed by atoms with Gasteiger partial charge in [-0.3, -0.25) is 0 Å². The van der Waals surface area contributed by atoms with Crippen LogP contribution in [0.5, 0.6) is 0 Å². The molecule has 0 aliphatic rings. The Morgan fingerprint density at radius 2 is 2.43 bits per heavy atom. The molecule has 0 amide bonds. The van der Waals surface area contributed by atoms with E-state index < -0.39 is 0 Å². The molecular weight excluding hydrogens is 110 g/mol. The van der Waals surface area contributed by atoms with E-state index in [1.165, 1.54) is 6.21 Å². The van der Waals surface area contributed by atoms with E-state index in [2.05, 4.69) is 6.92 Å². The number of halogens is 1. The van der Waals surface area contributed by atoms with Crippen LogP contribution in [0.2, 0.25) is 0 Å². The smallest absolute Gasteiger partial charge is 0.0681 e. The van der Waals surface area contributed by atoms with Gasteiger partial charge in [0.05, 0.1) is 5.38 Å². The first-order chi connectivity index (χ1) is 3.31. The van der Waals surface area contributed by atoms with Gasteiger partial charge in [-0.15, -0.1) is 11.6 Å². The van der Waals surface area contributed by atoms with Crippen LogP contribution in [0.15, 0.2) is 0 Å². The molecule has 0 saturated heterocycles. The number of nitrogens with one attached hydrogen (secondary N) is 1. The quantitative estimate of drug-likeness (QED) is 0.434. The van der Waals surface area contributed by atoms with Crippen molar-refractivity contribution in [2.24, 2.45) is 0 Å². The summed E-state index contributed by atoms with van der Waals surface area (Å²) >= 11 is 5.52. The Hall–Kier alpha value is -0.0400. The van der Waals surface area contributed by atoms with Crippen molar-refractivity contribution in [2.75, 3.05) is 0 Å². The maximum atomic E-state index is 6.66. The normalized spacial score (nSPS) is 13.4. The predicted octanol–water partition coefficient (Wildman–Crippen LogP) is 2.04. The Labute approximate surface area is 49.2 Å². The summed E-state index contributed by atoms with van der Waals surface area (Å²) in [6.07, 6.45) is 3.25. The average Bonchev–Trinajstić information content (AvgIpc) is 1.68. The first-order valence-corrected chi connectivity index (χ1v) is 2.89. The van der Waals surface area contributed by atoms with Gasteiger partial charge in [0.2, 0.25) is 0 Å². The third kappa shape index (κ3) is 3.80. The van der Waals surface area contributed by atoms with Crippen LogP contribution in [0.1, 0.15) is 19.8 Å². The van der Waals surface area contributed by atoms with E-state index in [-0.39, 0.29) is 5.38 Å². The molecule has 42 valence electrons. The minimum absolute atomic E-state index is 0.0370. The van der Waals surface area contributed by atoms with E-state index in [9.17, 15) is 0 Å². The molecular formula is C5H10ClN. The van der Waals surface area contributed by atoms with E-state index in [0.717, 1.165) is 12.8 Å². The van der Waals surface area contributed by atoms with Crippen LogP contribution in [0.4, 0.5) is 0 Å². The van der Waals surface area contributed by atoms with Gasteiger partial charge in [-0.2, -0.15) is 0 Å². The SMILES string of the molecule is CCCC(Cl)C=N. The highest BCUT2D eigenvalue weighted by Gasteiger charge is 1.93. The van der Waals surface area contributed by atoms with Crippen molar-refractivity contribution < 1.29 is 0 Å². The van der Waals surface area contributed by atoms with Gasteiger partial charge in [-0.25, -0.2) is 0 Å². The molecule has 0 aromatic heterocycles. The second-order valence-corrected chi connectivity index (χ2v) is 2.03. The standard InChI is InChI=1S/C5H10ClN/c1-2-3-5(6)4-7/h4-5,7H,2-3H2,1H3. The maximum Gasteiger partial charge on any atom is 0.0681 e. The number of alkyl halides is 1. The Morgan fingerprint density at radius 1 is 1.86 bits per heavy atom. The van der Waals surface area contributed by atoms with Crippen LogP contribution >= 0.6 is 11.6 Å². The lowest BCUT2D eigenvalue weighted by Crippen LogP contribution is -1.95. The number of rotatable bonds is 3. The van der Waals surface area contributed by atoms with Gasteiger partial charge in [-0.05, 0) is 6.42 Å². The molecule has 0 fully saturated rings. The number of hydrogen-bond acceptors (Lipinski definition) is 1. The van der Waals surface area contributed by atoms with Crippen LogP contribution < -0.4 is 0 Å². The van der Waals surface area contributed by atoms with Gasteiger partial charge in [0.15, 0.2) is 0 Å². The zero-order valence-electron chi connectivity index (χ0n) is 4.45. The lowest BCUT2D eigenvalue weighted by Gasteiger charge is -1.94. The second kappa shape index (κ2) is 4.13. The van der Waals surface area contributed by atoms with Gasteiger partial charge in [0.25, 0.3) is 0 Å². The minimum Gasteiger partial charge on any atom is -0.312 e. The molecule has 7 heavy (non-hydrogen) atoms. The van der Waals surface area contributed by atoms with Crippen molar-refractivity contribution >= 4 is 17.8 Å². The third-order valence-electron chi connectivity index (χ3n) is 0.745. The highest BCUT2D eigenvalue weighted by molar-refractivity contribution is 6.27. The molecule has 1 atom stereocenters. The van der Waals surface area contributed by atoms with Gasteiger partial charge in [0.1, 0.15) is 0 Å². The molecule has 2 heteroatoms. The van der Waals surface area contributed by atoms with Crippen molar-refractivity contribution in [3.8, 4) is 0 Å². The molecule has 0 aliphatic carbocycles. The molecule has 0 bridgehead atoms. The van der Waals surface area contributed by atoms with Crippen LogP contribution in [-0.2, 0) is 0 Å². The summed E-state index contributed by atoms with van der Waals surface area (Å²) in [6, 6.07) is 0. The zero-order chi connectivity index (χ0) is 5.70. The average molecular weight is 120 g/mol. The Bertz CT molecular complexity index is 54.0. The van der Waals surface area contributed by atoms with Crippen LogP contribution in [0, 0.1) is 5.41 Å². The fourth-order valence-electron chi connectivity index (χ4n) is 0.359. The van der Waals surface area contributed by atoms with E-state index in [1.54, 1.807) is 0 Å². The van der Waals surface area contributed by atoms with Crippen molar-refractivity contribution in [3.63, 3.8) is 0 Å². The van der Waals surface area contributed by atoms with Gasteiger partial charge < -0.3 is 5.41 Å². The molecule has 0 aliphatic heterocycles. The molecule has 0 rings (SSSR count). The van der Waals surface area contributed by atoms with Gasteiger partial charge >= 0.3 is 0 Å². The second-order valence-electron chi connectivity index (χ2n) is 1.47. The summed E-state index contributed by atoms with van der Waals surface area (Å²) in [5.74, 6) is 0. The van der Waals surface area contributed by atoms with Crippen LogP contribution in [-0.4, -0.2) is 11.6 Å². The fourth-order valence-corrected chi connectivity index (χ4v) is 0.577. The molecule has 0 saturated carbocycles. The van der Waals surface area contributed by atoms with Crippen molar-refractivity contribution in [1.82, 2.24) is 0 Å². The van der Waals surface area contributed by atoms with Crippen molar-refractivity contribution in [3.05, 3.63) is 0 Å². The topological polar surface area (TPSA) is 23.9 Å². The summed E-state index contributed by atoms with van der Waals surface area (Å²) in [5.41, 5.74) is 0. The fraction of sp³-hybridized carbons (Fsp3) is 0.800. The van der Waals surface area contributed by atoms with Gasteiger partial charge in [0, 0.05) is 6.21 Å². The van der Waals surface area contributed by atoms with Crippen molar-refractivity contribution in [2.45, 2.75) is 25.1 Å². The number of hydrogen-bond donors (Lipinski definition) is 1. The molecule has 0 aromatic rings. The van der Waals surface area contributed by atoms with Crippen LogP contribution in [0.25, 0.3) is 0 Å². The van der Waals surface area contributed by atoms with Crippen molar-refractivity contribution in [1.29, 1.82) is 5.41 Å². The lowest BCUT2D eigenvalue weighted by molar-refractivity contribution is 0.846. The highest BCUT2D eigenvalue weighted by atomic mass is 35.5. The Kier molecular flexibility index (Phi) is 4.10. The van der Waals surface area contributed by atoms with E-state index in [0.29, 0.717) is 0 Å². The van der Waals surface area contributed by atoms with E-state index in [4.69, 9.17) is 17.0 Å². The minimum atomic E-state index is -0.0370. The summed E-state index contributed by atoms with van der Waals surface area (Å²) < 4.78 is 0. The van der Waals surface area contributed by atoms with Gasteiger partial charge in [-0.1, -0.05) is 13.3 Å². The summed E-state index contributed by atoms with van der Waals surface area (Å²) in [6.45, 7) is 2.05. The van der Waals surface area contributed by atoms with Crippen LogP contribution in [0.3, 0.4) is 0 Å². The first-order valence-electron chi connectivity index (χ1n) is 2.46.